The van der Waals surface area contributed by atoms with Gasteiger partial charge in [0.2, 0.25) is 5.91 Å². The Hall–Kier alpha value is -2.76. The van der Waals surface area contributed by atoms with Crippen LogP contribution in [-0.4, -0.2) is 30.9 Å². The fourth-order valence-electron chi connectivity index (χ4n) is 1.91. The molecule has 0 atom stereocenters. The molecule has 0 aliphatic rings. The normalized spacial score (nSPS) is 10.9. The molecular weight excluding hydrogens is 286 g/mol. The summed E-state index contributed by atoms with van der Waals surface area (Å²) < 4.78 is 15.2. The van der Waals surface area contributed by atoms with Crippen molar-refractivity contribution < 1.29 is 23.2 Å². The maximum Gasteiger partial charge on any atom is 0.341 e. The Kier molecular flexibility index (Phi) is 4.83. The average molecular weight is 303 g/mol. The Morgan fingerprint density at radius 2 is 2.18 bits per heavy atom. The van der Waals surface area contributed by atoms with Gasteiger partial charge in [-0.3, -0.25) is 4.79 Å². The fourth-order valence-corrected chi connectivity index (χ4v) is 1.91. The van der Waals surface area contributed by atoms with Crippen LogP contribution >= 0.6 is 0 Å². The summed E-state index contributed by atoms with van der Waals surface area (Å²) in [4.78, 5) is 25.0. The van der Waals surface area contributed by atoms with Gasteiger partial charge in [0.05, 0.1) is 19.9 Å². The lowest BCUT2D eigenvalue weighted by atomic mass is 10.2. The molecule has 0 fully saturated rings. The van der Waals surface area contributed by atoms with Crippen molar-refractivity contribution in [2.24, 2.45) is 0 Å². The van der Waals surface area contributed by atoms with Gasteiger partial charge in [-0.2, -0.15) is 0 Å². The maximum atomic E-state index is 12.0. The lowest BCUT2D eigenvalue weighted by Crippen LogP contribution is -2.23. The highest BCUT2D eigenvalue weighted by molar-refractivity contribution is 5.91. The number of carbonyl (C=O) groups excluding carboxylic acids is 2. The summed E-state index contributed by atoms with van der Waals surface area (Å²) in [5.74, 6) is 0.918. The number of aryl methyl sites for hydroxylation is 1. The zero-order chi connectivity index (χ0) is 16.1. The van der Waals surface area contributed by atoms with Crippen molar-refractivity contribution in [3.8, 4) is 0 Å². The van der Waals surface area contributed by atoms with E-state index >= 15 is 0 Å². The first kappa shape index (κ1) is 15.6. The quantitative estimate of drug-likeness (QED) is 0.627. The van der Waals surface area contributed by atoms with E-state index in [2.05, 4.69) is 4.74 Å². The molecule has 0 aliphatic carbocycles. The van der Waals surface area contributed by atoms with Crippen molar-refractivity contribution in [3.63, 3.8) is 0 Å². The number of methoxy groups -OCH3 is 1. The predicted octanol–water partition coefficient (Wildman–Crippen LogP) is 2.64. The van der Waals surface area contributed by atoms with Crippen molar-refractivity contribution >= 4 is 18.0 Å². The number of ether oxygens (including phenoxy) is 1. The molecule has 0 radical (unpaired) electrons. The van der Waals surface area contributed by atoms with Gasteiger partial charge in [0.15, 0.2) is 0 Å². The predicted molar refractivity (Wildman–Crippen MR) is 79.0 cm³/mol. The first-order valence-corrected chi connectivity index (χ1v) is 6.65. The Bertz CT molecular complexity index is 681. The molecular formula is C16H17NO5. The maximum absolute atomic E-state index is 12.0. The summed E-state index contributed by atoms with van der Waals surface area (Å²) in [7, 11) is 2.95. The van der Waals surface area contributed by atoms with Gasteiger partial charge in [-0.15, -0.1) is 0 Å². The van der Waals surface area contributed by atoms with Gasteiger partial charge in [-0.1, -0.05) is 0 Å². The van der Waals surface area contributed by atoms with Crippen LogP contribution in [0.1, 0.15) is 27.6 Å². The molecule has 0 saturated heterocycles. The Morgan fingerprint density at radius 1 is 1.41 bits per heavy atom. The monoisotopic (exact) mass is 303 g/mol. The molecule has 0 spiro atoms. The van der Waals surface area contributed by atoms with Crippen molar-refractivity contribution in [3.05, 3.63) is 53.4 Å². The third-order valence-corrected chi connectivity index (χ3v) is 3.08. The summed E-state index contributed by atoms with van der Waals surface area (Å²) in [6.07, 6.45) is 4.54. The number of carbonyl (C=O) groups is 2. The molecule has 0 aliphatic heterocycles. The molecule has 6 heteroatoms. The van der Waals surface area contributed by atoms with Crippen LogP contribution in [0, 0.1) is 6.92 Å². The fraction of sp³-hybridized carbons (Fsp3) is 0.250. The lowest BCUT2D eigenvalue weighted by Gasteiger charge is -2.12. The first-order valence-electron chi connectivity index (χ1n) is 6.65. The minimum atomic E-state index is -0.459. The van der Waals surface area contributed by atoms with E-state index in [0.29, 0.717) is 22.8 Å². The van der Waals surface area contributed by atoms with Gasteiger partial charge >= 0.3 is 5.97 Å². The third kappa shape index (κ3) is 3.66. The zero-order valence-electron chi connectivity index (χ0n) is 12.7. The summed E-state index contributed by atoms with van der Waals surface area (Å²) in [5.41, 5.74) is 0.365. The van der Waals surface area contributed by atoms with E-state index in [1.807, 2.05) is 0 Å². The Balaban J connectivity index is 2.01. The lowest BCUT2D eigenvalue weighted by molar-refractivity contribution is -0.125. The summed E-state index contributed by atoms with van der Waals surface area (Å²) in [6, 6.07) is 5.08. The minimum absolute atomic E-state index is 0.204. The molecule has 0 unspecified atom stereocenters. The van der Waals surface area contributed by atoms with Crippen LogP contribution < -0.4 is 0 Å². The van der Waals surface area contributed by atoms with E-state index in [-0.39, 0.29) is 12.5 Å². The van der Waals surface area contributed by atoms with Gasteiger partial charge in [-0.05, 0) is 31.2 Å². The number of esters is 1. The molecule has 0 aromatic carbocycles. The molecule has 2 rings (SSSR count). The molecule has 116 valence electrons. The molecule has 0 bridgehead atoms. The van der Waals surface area contributed by atoms with Gasteiger partial charge in [0, 0.05) is 13.1 Å². The van der Waals surface area contributed by atoms with Crippen LogP contribution in [-0.2, 0) is 16.1 Å². The topological polar surface area (TPSA) is 72.9 Å². The average Bonchev–Trinajstić information content (AvgIpc) is 3.13. The van der Waals surface area contributed by atoms with Crippen LogP contribution in [0.15, 0.2) is 39.4 Å². The molecule has 2 aromatic rings. The second kappa shape index (κ2) is 6.80. The Morgan fingerprint density at radius 3 is 2.82 bits per heavy atom. The standard InChI is InChI=1S/C16H17NO5/c1-11-14(16(19)20-3)9-13(22-11)10-17(2)15(18)7-6-12-5-4-8-21-12/h4-9H,10H2,1-3H3/b7-6+. The van der Waals surface area contributed by atoms with Crippen LogP contribution in [0.3, 0.4) is 0 Å². The molecule has 22 heavy (non-hydrogen) atoms. The van der Waals surface area contributed by atoms with E-state index in [9.17, 15) is 9.59 Å². The third-order valence-electron chi connectivity index (χ3n) is 3.08. The van der Waals surface area contributed by atoms with E-state index in [1.165, 1.54) is 24.3 Å². The van der Waals surface area contributed by atoms with Gasteiger partial charge in [0.25, 0.3) is 0 Å². The molecule has 1 amide bonds. The summed E-state index contributed by atoms with van der Waals surface area (Å²) >= 11 is 0. The van der Waals surface area contributed by atoms with Crippen LogP contribution in [0.25, 0.3) is 6.08 Å². The molecule has 2 heterocycles. The second-order valence-electron chi connectivity index (χ2n) is 4.72. The first-order chi connectivity index (χ1) is 10.5. The zero-order valence-corrected chi connectivity index (χ0v) is 12.7. The van der Waals surface area contributed by atoms with E-state index in [1.54, 1.807) is 38.2 Å². The smallest absolute Gasteiger partial charge is 0.341 e. The van der Waals surface area contributed by atoms with Crippen LogP contribution in [0.2, 0.25) is 0 Å². The highest BCUT2D eigenvalue weighted by Crippen LogP contribution is 2.17. The molecule has 6 nitrogen and oxygen atoms in total. The van der Waals surface area contributed by atoms with Crippen LogP contribution in [0.4, 0.5) is 0 Å². The Labute approximate surface area is 128 Å². The van der Waals surface area contributed by atoms with Crippen molar-refractivity contribution in [2.45, 2.75) is 13.5 Å². The van der Waals surface area contributed by atoms with Gasteiger partial charge < -0.3 is 18.5 Å². The SMILES string of the molecule is COC(=O)c1cc(CN(C)C(=O)/C=C/c2ccco2)oc1C. The molecule has 0 saturated carbocycles. The highest BCUT2D eigenvalue weighted by atomic mass is 16.5. The largest absolute Gasteiger partial charge is 0.465 e. The van der Waals surface area contributed by atoms with Crippen LogP contribution in [0.5, 0.6) is 0 Å². The van der Waals surface area contributed by atoms with Gasteiger partial charge in [-0.25, -0.2) is 4.79 Å². The number of hydrogen-bond donors (Lipinski definition) is 0. The summed E-state index contributed by atoms with van der Waals surface area (Å²) in [6.45, 7) is 1.92. The number of rotatable bonds is 5. The number of likely N-dealkylation sites (N-methyl/N-ethyl adjacent to an activating group) is 1. The van der Waals surface area contributed by atoms with Crippen molar-refractivity contribution in [2.75, 3.05) is 14.2 Å². The number of amides is 1. The van der Waals surface area contributed by atoms with E-state index < -0.39 is 5.97 Å². The van der Waals surface area contributed by atoms with Crippen molar-refractivity contribution in [1.29, 1.82) is 0 Å². The molecule has 2 aromatic heterocycles. The van der Waals surface area contributed by atoms with Gasteiger partial charge in [0.1, 0.15) is 22.8 Å². The van der Waals surface area contributed by atoms with E-state index in [4.69, 9.17) is 8.83 Å². The summed E-state index contributed by atoms with van der Waals surface area (Å²) in [5, 5.41) is 0. The highest BCUT2D eigenvalue weighted by Gasteiger charge is 2.17. The van der Waals surface area contributed by atoms with E-state index in [0.717, 1.165) is 0 Å². The number of furan rings is 2. The minimum Gasteiger partial charge on any atom is -0.465 e. The number of hydrogen-bond acceptors (Lipinski definition) is 5. The molecule has 0 N–H and O–H groups in total. The number of nitrogens with zero attached hydrogens (tertiary/aromatic N) is 1. The second-order valence-corrected chi connectivity index (χ2v) is 4.72. The van der Waals surface area contributed by atoms with Crippen molar-refractivity contribution in [1.82, 2.24) is 4.90 Å².